The molecule has 1 aliphatic heterocycles. The fourth-order valence-electron chi connectivity index (χ4n) is 0.884. The van der Waals surface area contributed by atoms with Crippen molar-refractivity contribution in [1.29, 1.82) is 0 Å². The van der Waals surface area contributed by atoms with Crippen LogP contribution < -0.4 is 8.78 Å². The molecule has 0 amide bonds. The fraction of sp³-hybridized carbons (Fsp3) is 1.00. The van der Waals surface area contributed by atoms with Crippen LogP contribution in [-0.2, 0) is 0 Å². The minimum atomic E-state index is -0.557. The van der Waals surface area contributed by atoms with Crippen LogP contribution in [0.3, 0.4) is 0 Å². The molecule has 1 saturated heterocycles. The lowest BCUT2D eigenvalue weighted by molar-refractivity contribution is 1.25. The first-order valence-electron chi connectivity index (χ1n) is 2.38. The molecular formula is C3H12N2SSi. The molecule has 0 radical (unpaired) electrons. The summed E-state index contributed by atoms with van der Waals surface area (Å²) in [5.74, 6) is 0. The van der Waals surface area contributed by atoms with Crippen LogP contribution in [0.5, 0.6) is 0 Å². The zero-order valence-electron chi connectivity index (χ0n) is 4.99. The molecule has 1 heterocycles. The summed E-state index contributed by atoms with van der Waals surface area (Å²) < 4.78 is 6.99. The lowest BCUT2D eigenvalue weighted by atomic mass is 11.9. The van der Waals surface area contributed by atoms with Gasteiger partial charge in [-0.3, -0.25) is 8.78 Å². The molecule has 0 bridgehead atoms. The first-order valence-corrected chi connectivity index (χ1v) is 7.14. The van der Waals surface area contributed by atoms with Crippen molar-refractivity contribution in [2.75, 3.05) is 12.5 Å². The minimum Gasteiger partial charge on any atom is -0.280 e. The maximum atomic E-state index is 3.49. The minimum absolute atomic E-state index is 0.469. The van der Waals surface area contributed by atoms with Crippen LogP contribution in [0.15, 0.2) is 0 Å². The van der Waals surface area contributed by atoms with Crippen LogP contribution in [0, 0.1) is 0 Å². The predicted molar refractivity (Wildman–Crippen MR) is 38.7 cm³/mol. The van der Waals surface area contributed by atoms with Crippen molar-refractivity contribution in [3.8, 4) is 0 Å². The van der Waals surface area contributed by atoms with Crippen molar-refractivity contribution in [3.63, 3.8) is 0 Å². The van der Waals surface area contributed by atoms with E-state index in [2.05, 4.69) is 27.8 Å². The summed E-state index contributed by atoms with van der Waals surface area (Å²) in [6.07, 6.45) is 4.47. The zero-order valence-corrected chi connectivity index (χ0v) is 6.96. The number of hydrogen-bond acceptors (Lipinski definition) is 2. The van der Waals surface area contributed by atoms with Gasteiger partial charge >= 0.3 is 0 Å². The number of hydrogen-bond donors (Lipinski definition) is 2. The molecule has 7 heavy (non-hydrogen) atoms. The summed E-state index contributed by atoms with van der Waals surface area (Å²) in [7, 11) is -1.03. The zero-order chi connectivity index (χ0) is 5.49. The molecular weight excluding hydrogens is 124 g/mol. The molecule has 1 rings (SSSR count). The highest BCUT2D eigenvalue weighted by atomic mass is 32.3. The van der Waals surface area contributed by atoms with Crippen LogP contribution in [0.2, 0.25) is 6.55 Å². The predicted octanol–water partition coefficient (Wildman–Crippen LogP) is -0.0763. The topological polar surface area (TPSA) is 24.1 Å². The molecule has 0 saturated carbocycles. The maximum absolute atomic E-state index is 3.49. The first-order chi connectivity index (χ1) is 3.10. The normalized spacial score (nSPS) is 34.1. The Morgan fingerprint density at radius 1 is 1.29 bits per heavy atom. The van der Waals surface area contributed by atoms with Crippen molar-refractivity contribution in [1.82, 2.24) is 8.78 Å². The largest absolute Gasteiger partial charge is 0.280 e. The van der Waals surface area contributed by atoms with Crippen LogP contribution in [0.4, 0.5) is 0 Å². The van der Waals surface area contributed by atoms with Crippen LogP contribution >= 0.6 is 10.4 Å². The lowest BCUT2D eigenvalue weighted by Crippen LogP contribution is -2.60. The van der Waals surface area contributed by atoms with Gasteiger partial charge in [0.05, 0.1) is 0 Å². The standard InChI is InChI=1S/C3H12N2SSi/c1-6(2)4-7(3)5-6/h4-5,7H,1-3H3. The lowest BCUT2D eigenvalue weighted by Gasteiger charge is -2.48. The highest BCUT2D eigenvalue weighted by Gasteiger charge is 2.26. The van der Waals surface area contributed by atoms with E-state index in [9.17, 15) is 0 Å². The van der Waals surface area contributed by atoms with E-state index < -0.39 is 19.5 Å². The van der Waals surface area contributed by atoms with E-state index in [1.165, 1.54) is 0 Å². The van der Waals surface area contributed by atoms with Gasteiger partial charge in [-0.1, -0.05) is 0 Å². The molecule has 0 aliphatic carbocycles. The van der Waals surface area contributed by atoms with Gasteiger partial charge in [0.25, 0.3) is 0 Å². The highest BCUT2D eigenvalue weighted by molar-refractivity contribution is 8.33. The van der Waals surface area contributed by atoms with Crippen molar-refractivity contribution in [3.05, 3.63) is 0 Å². The second-order valence-corrected chi connectivity index (χ2v) is 8.27. The van der Waals surface area contributed by atoms with Crippen molar-refractivity contribution in [2.24, 2.45) is 0 Å². The second-order valence-electron chi connectivity index (χ2n) is 2.28. The quantitative estimate of drug-likeness (QED) is 0.455. The van der Waals surface area contributed by atoms with Gasteiger partial charge in [-0.2, -0.15) is 10.4 Å². The Morgan fingerprint density at radius 3 is 1.71 bits per heavy atom. The number of nitrogens with one attached hydrogen (secondary N) is 2. The van der Waals surface area contributed by atoms with E-state index in [1.807, 2.05) is 0 Å². The van der Waals surface area contributed by atoms with E-state index in [0.29, 0.717) is 0 Å². The van der Waals surface area contributed by atoms with E-state index in [4.69, 9.17) is 0 Å². The summed E-state index contributed by atoms with van der Waals surface area (Å²) in [5, 5.41) is 0. The van der Waals surface area contributed by atoms with E-state index >= 15 is 0 Å². The monoisotopic (exact) mass is 136 g/mol. The molecule has 1 fully saturated rings. The molecule has 0 unspecified atom stereocenters. The Morgan fingerprint density at radius 2 is 1.71 bits per heavy atom. The third kappa shape index (κ3) is 1.19. The van der Waals surface area contributed by atoms with Gasteiger partial charge in [0.1, 0.15) is 0 Å². The van der Waals surface area contributed by atoms with E-state index in [0.717, 1.165) is 0 Å². The molecule has 2 N–H and O–H groups in total. The van der Waals surface area contributed by atoms with Gasteiger partial charge in [-0.25, -0.2) is 0 Å². The summed E-state index contributed by atoms with van der Waals surface area (Å²) in [6.45, 7) is 2.26. The molecule has 0 atom stereocenters. The third-order valence-corrected chi connectivity index (χ3v) is 8.49. The van der Waals surface area contributed by atoms with Crippen molar-refractivity contribution < 1.29 is 0 Å². The van der Waals surface area contributed by atoms with Crippen molar-refractivity contribution >= 4 is 19.5 Å². The molecule has 0 aromatic carbocycles. The molecule has 2 nitrogen and oxygen atoms in total. The fourth-order valence-corrected chi connectivity index (χ4v) is 7.95. The van der Waals surface area contributed by atoms with Crippen LogP contribution in [0.1, 0.15) is 0 Å². The Bertz CT molecular complexity index is 77.0. The summed E-state index contributed by atoms with van der Waals surface area (Å²) >= 11 is 0. The molecule has 0 spiro atoms. The summed E-state index contributed by atoms with van der Waals surface area (Å²) in [6, 6.07) is 0. The molecule has 0 aromatic rings. The molecule has 4 heteroatoms. The second kappa shape index (κ2) is 1.48. The SMILES string of the molecule is C[SiH]1NS(C)(C)N1. The summed E-state index contributed by atoms with van der Waals surface area (Å²) in [5.41, 5.74) is 0. The van der Waals surface area contributed by atoms with Gasteiger partial charge in [0.15, 0.2) is 9.12 Å². The van der Waals surface area contributed by atoms with E-state index in [1.54, 1.807) is 0 Å². The van der Waals surface area contributed by atoms with Gasteiger partial charge in [-0.15, -0.1) is 0 Å². The average Bonchev–Trinajstić information content (AvgIpc) is 1.27. The van der Waals surface area contributed by atoms with Crippen LogP contribution in [0.25, 0.3) is 0 Å². The third-order valence-electron chi connectivity index (χ3n) is 0.943. The van der Waals surface area contributed by atoms with Crippen LogP contribution in [-0.4, -0.2) is 21.6 Å². The number of rotatable bonds is 0. The maximum Gasteiger partial charge on any atom is 0.200 e. The van der Waals surface area contributed by atoms with Gasteiger partial charge in [0, 0.05) is 0 Å². The van der Waals surface area contributed by atoms with E-state index in [-0.39, 0.29) is 0 Å². The van der Waals surface area contributed by atoms with Gasteiger partial charge in [-0.05, 0) is 19.1 Å². The Balaban J connectivity index is 2.29. The van der Waals surface area contributed by atoms with Crippen molar-refractivity contribution in [2.45, 2.75) is 6.55 Å². The Hall–Kier alpha value is 0.487. The Kier molecular flexibility index (Phi) is 1.19. The Labute approximate surface area is 48.0 Å². The summed E-state index contributed by atoms with van der Waals surface area (Å²) in [4.78, 5) is 0. The smallest absolute Gasteiger partial charge is 0.200 e. The molecule has 0 aromatic heterocycles. The van der Waals surface area contributed by atoms with Gasteiger partial charge < -0.3 is 0 Å². The first kappa shape index (κ1) is 5.62. The average molecular weight is 136 g/mol. The molecule has 44 valence electrons. The molecule has 1 aliphatic rings. The van der Waals surface area contributed by atoms with Gasteiger partial charge in [0.2, 0.25) is 0 Å². The highest BCUT2D eigenvalue weighted by Crippen LogP contribution is 2.35.